The molecule has 0 saturated carbocycles. The number of hydrogen-bond donors (Lipinski definition) is 1. The van der Waals surface area contributed by atoms with E-state index in [-0.39, 0.29) is 11.9 Å². The van der Waals surface area contributed by atoms with Gasteiger partial charge >= 0.3 is 0 Å². The predicted molar refractivity (Wildman–Crippen MR) is 100.0 cm³/mol. The van der Waals surface area contributed by atoms with Gasteiger partial charge in [0.15, 0.2) is 0 Å². The first-order valence-corrected chi connectivity index (χ1v) is 8.82. The average Bonchev–Trinajstić information content (AvgIpc) is 3.03. The Kier molecular flexibility index (Phi) is 4.81. The van der Waals surface area contributed by atoms with Gasteiger partial charge in [0.25, 0.3) is 0 Å². The van der Waals surface area contributed by atoms with Crippen molar-refractivity contribution in [2.24, 2.45) is 0 Å². The maximum absolute atomic E-state index is 12.5. The molecule has 0 aliphatic heterocycles. The molecule has 4 nitrogen and oxygen atoms in total. The van der Waals surface area contributed by atoms with Crippen molar-refractivity contribution in [3.63, 3.8) is 0 Å². The number of nitrogens with two attached hydrogens (primary N) is 1. The number of hydrogen-bond acceptors (Lipinski definition) is 4. The van der Waals surface area contributed by atoms with Crippen LogP contribution in [0, 0.1) is 0 Å². The monoisotopic (exact) mass is 339 g/mol. The van der Waals surface area contributed by atoms with Crippen LogP contribution in [0.15, 0.2) is 48.5 Å². The minimum Gasteiger partial charge on any atom is -0.399 e. The van der Waals surface area contributed by atoms with E-state index in [1.807, 2.05) is 56.4 Å². The molecule has 1 atom stereocenters. The lowest BCUT2D eigenvalue weighted by atomic mass is 10.1. The Bertz CT molecular complexity index is 825. The fraction of sp³-hybridized carbons (Fsp3) is 0.263. The molecule has 2 aromatic carbocycles. The van der Waals surface area contributed by atoms with E-state index in [0.717, 1.165) is 26.5 Å². The number of carbonyl (C=O) groups excluding carboxylic acids is 1. The average molecular weight is 339 g/mol. The molecule has 0 spiro atoms. The van der Waals surface area contributed by atoms with E-state index in [9.17, 15) is 4.79 Å². The first kappa shape index (κ1) is 16.5. The molecule has 0 aliphatic carbocycles. The van der Waals surface area contributed by atoms with Gasteiger partial charge in [-0.25, -0.2) is 4.98 Å². The zero-order chi connectivity index (χ0) is 17.1. The summed E-state index contributed by atoms with van der Waals surface area (Å²) in [6.45, 7) is 2.02. The van der Waals surface area contributed by atoms with Crippen molar-refractivity contribution in [3.05, 3.63) is 59.1 Å². The fourth-order valence-corrected chi connectivity index (χ4v) is 3.69. The summed E-state index contributed by atoms with van der Waals surface area (Å²) < 4.78 is 1.15. The van der Waals surface area contributed by atoms with Crippen LogP contribution < -0.4 is 5.73 Å². The van der Waals surface area contributed by atoms with Crippen LogP contribution in [0.2, 0.25) is 0 Å². The molecule has 0 fully saturated rings. The smallest absolute Gasteiger partial charge is 0.223 e. The van der Waals surface area contributed by atoms with Crippen LogP contribution in [0.5, 0.6) is 0 Å². The molecule has 0 radical (unpaired) electrons. The molecule has 24 heavy (non-hydrogen) atoms. The lowest BCUT2D eigenvalue weighted by molar-refractivity contribution is -0.131. The van der Waals surface area contributed by atoms with Crippen molar-refractivity contribution in [3.8, 4) is 0 Å². The number of nitrogens with zero attached hydrogens (tertiary/aromatic N) is 2. The largest absolute Gasteiger partial charge is 0.399 e. The van der Waals surface area contributed by atoms with Crippen molar-refractivity contribution in [2.45, 2.75) is 25.8 Å². The van der Waals surface area contributed by atoms with E-state index in [2.05, 4.69) is 11.1 Å². The number of anilines is 1. The Morgan fingerprint density at radius 3 is 2.67 bits per heavy atom. The Hall–Kier alpha value is -2.40. The van der Waals surface area contributed by atoms with E-state index >= 15 is 0 Å². The van der Waals surface area contributed by atoms with Crippen molar-refractivity contribution < 1.29 is 4.79 Å². The highest BCUT2D eigenvalue weighted by Crippen LogP contribution is 2.29. The zero-order valence-corrected chi connectivity index (χ0v) is 14.7. The second kappa shape index (κ2) is 7.01. The number of fused-ring (bicyclic) bond motifs is 1. The quantitative estimate of drug-likeness (QED) is 0.714. The maximum atomic E-state index is 12.5. The Morgan fingerprint density at radius 2 is 1.92 bits per heavy atom. The van der Waals surface area contributed by atoms with E-state index in [4.69, 9.17) is 5.73 Å². The van der Waals surface area contributed by atoms with Gasteiger partial charge in [0.2, 0.25) is 5.91 Å². The maximum Gasteiger partial charge on any atom is 0.223 e. The summed E-state index contributed by atoms with van der Waals surface area (Å²) >= 11 is 1.64. The van der Waals surface area contributed by atoms with Crippen molar-refractivity contribution in [1.29, 1.82) is 0 Å². The van der Waals surface area contributed by atoms with Gasteiger partial charge in [0, 0.05) is 19.2 Å². The molecule has 0 bridgehead atoms. The molecule has 1 amide bonds. The number of amides is 1. The summed E-state index contributed by atoms with van der Waals surface area (Å²) in [4.78, 5) is 18.9. The number of benzene rings is 2. The Morgan fingerprint density at radius 1 is 1.21 bits per heavy atom. The van der Waals surface area contributed by atoms with Gasteiger partial charge < -0.3 is 10.6 Å². The third-order valence-corrected chi connectivity index (χ3v) is 5.51. The standard InChI is InChI=1S/C19H21N3OS/c1-13(19-21-16-9-5-6-10-17(16)24-19)22(2)18(23)12-11-14-7-3-4-8-15(14)20/h3-10,13H,11-12,20H2,1-2H3. The zero-order valence-electron chi connectivity index (χ0n) is 13.9. The minimum absolute atomic E-state index is 0.0389. The summed E-state index contributed by atoms with van der Waals surface area (Å²) in [5, 5.41) is 0.964. The van der Waals surface area contributed by atoms with Crippen LogP contribution in [0.25, 0.3) is 10.2 Å². The molecule has 1 heterocycles. The van der Waals surface area contributed by atoms with Crippen LogP contribution in [0.3, 0.4) is 0 Å². The summed E-state index contributed by atoms with van der Waals surface area (Å²) in [5.41, 5.74) is 8.69. The Balaban J connectivity index is 1.67. The second-order valence-corrected chi connectivity index (χ2v) is 6.96. The van der Waals surface area contributed by atoms with Gasteiger partial charge in [-0.1, -0.05) is 30.3 Å². The molecule has 1 aromatic heterocycles. The molecule has 124 valence electrons. The molecule has 3 rings (SSSR count). The molecule has 0 saturated heterocycles. The lowest BCUT2D eigenvalue weighted by Crippen LogP contribution is -2.29. The van der Waals surface area contributed by atoms with Crippen LogP contribution in [-0.2, 0) is 11.2 Å². The van der Waals surface area contributed by atoms with Crippen LogP contribution in [0.1, 0.15) is 30.0 Å². The second-order valence-electron chi connectivity index (χ2n) is 5.90. The van der Waals surface area contributed by atoms with Gasteiger partial charge in [0.1, 0.15) is 5.01 Å². The topological polar surface area (TPSA) is 59.2 Å². The number of thiazole rings is 1. The van der Waals surface area contributed by atoms with E-state index in [1.165, 1.54) is 0 Å². The summed E-state index contributed by atoms with van der Waals surface area (Å²) in [5.74, 6) is 0.102. The van der Waals surface area contributed by atoms with E-state index in [0.29, 0.717) is 12.8 Å². The van der Waals surface area contributed by atoms with Gasteiger partial charge in [0.05, 0.1) is 16.3 Å². The normalized spacial score (nSPS) is 12.2. The van der Waals surface area contributed by atoms with Gasteiger partial charge in [-0.3, -0.25) is 4.79 Å². The first-order valence-electron chi connectivity index (χ1n) is 8.01. The predicted octanol–water partition coefficient (Wildman–Crippen LogP) is 4.03. The minimum atomic E-state index is -0.0389. The fourth-order valence-electron chi connectivity index (χ4n) is 2.63. The number of para-hydroxylation sites is 2. The van der Waals surface area contributed by atoms with Crippen molar-refractivity contribution >= 4 is 33.1 Å². The molecular formula is C19H21N3OS. The summed E-state index contributed by atoms with van der Waals surface area (Å²) in [6, 6.07) is 15.7. The summed E-state index contributed by atoms with van der Waals surface area (Å²) in [7, 11) is 1.84. The molecule has 5 heteroatoms. The van der Waals surface area contributed by atoms with Crippen LogP contribution >= 0.6 is 11.3 Å². The van der Waals surface area contributed by atoms with Crippen molar-refractivity contribution in [2.75, 3.05) is 12.8 Å². The lowest BCUT2D eigenvalue weighted by Gasteiger charge is -2.23. The van der Waals surface area contributed by atoms with E-state index < -0.39 is 0 Å². The highest BCUT2D eigenvalue weighted by Gasteiger charge is 2.20. The number of aromatic nitrogens is 1. The first-order chi connectivity index (χ1) is 11.6. The van der Waals surface area contributed by atoms with Crippen LogP contribution in [0.4, 0.5) is 5.69 Å². The highest BCUT2D eigenvalue weighted by molar-refractivity contribution is 7.18. The molecule has 0 aliphatic rings. The summed E-state index contributed by atoms with van der Waals surface area (Å²) in [6.07, 6.45) is 1.10. The third kappa shape index (κ3) is 3.41. The van der Waals surface area contributed by atoms with Gasteiger partial charge in [-0.15, -0.1) is 11.3 Å². The van der Waals surface area contributed by atoms with E-state index in [1.54, 1.807) is 16.2 Å². The number of carbonyl (C=O) groups is 1. The number of nitrogen functional groups attached to an aromatic ring is 1. The van der Waals surface area contributed by atoms with Crippen LogP contribution in [-0.4, -0.2) is 22.8 Å². The van der Waals surface area contributed by atoms with Gasteiger partial charge in [-0.05, 0) is 37.1 Å². The number of aryl methyl sites for hydroxylation is 1. The number of rotatable bonds is 5. The highest BCUT2D eigenvalue weighted by atomic mass is 32.1. The molecule has 1 unspecified atom stereocenters. The molecule has 3 aromatic rings. The molecule has 2 N–H and O–H groups in total. The third-order valence-electron chi connectivity index (χ3n) is 4.31. The molecular weight excluding hydrogens is 318 g/mol. The van der Waals surface area contributed by atoms with Gasteiger partial charge in [-0.2, -0.15) is 0 Å². The Labute approximate surface area is 145 Å². The van der Waals surface area contributed by atoms with Crippen molar-refractivity contribution in [1.82, 2.24) is 9.88 Å². The SMILES string of the molecule is CC(c1nc2ccccc2s1)N(C)C(=O)CCc1ccccc1N.